The van der Waals surface area contributed by atoms with E-state index in [1.807, 2.05) is 0 Å². The quantitative estimate of drug-likeness (QED) is 0.159. The molecule has 6 rings (SSSR count). The van der Waals surface area contributed by atoms with Crippen molar-refractivity contribution < 1.29 is 60.5 Å². The molecule has 218 valence electrons. The van der Waals surface area contributed by atoms with E-state index in [4.69, 9.17) is 9.47 Å². The maximum atomic E-state index is 11.7. The van der Waals surface area contributed by atoms with E-state index in [-0.39, 0.29) is 45.7 Å². The van der Waals surface area contributed by atoms with Crippen molar-refractivity contribution in [2.45, 2.75) is 36.8 Å². The normalized spacial score (nSPS) is 22.9. The molecule has 42 heavy (non-hydrogen) atoms. The Morgan fingerprint density at radius 1 is 0.548 bits per heavy atom. The van der Waals surface area contributed by atoms with Crippen molar-refractivity contribution in [1.29, 1.82) is 0 Å². The second-order valence-electron chi connectivity index (χ2n) is 10.3. The highest BCUT2D eigenvalue weighted by molar-refractivity contribution is 5.66. The van der Waals surface area contributed by atoms with Crippen molar-refractivity contribution >= 4 is 0 Å². The van der Waals surface area contributed by atoms with E-state index in [0.717, 1.165) is 12.1 Å². The Morgan fingerprint density at radius 2 is 1.12 bits per heavy atom. The van der Waals surface area contributed by atoms with Gasteiger partial charge in [0.1, 0.15) is 29.5 Å². The number of hydrogen-bond donors (Lipinski definition) is 10. The first-order chi connectivity index (χ1) is 20.0. The van der Waals surface area contributed by atoms with Gasteiger partial charge in [-0.15, -0.1) is 0 Å². The largest absolute Gasteiger partial charge is 0.507 e. The van der Waals surface area contributed by atoms with Gasteiger partial charge in [0.25, 0.3) is 0 Å². The molecule has 0 unspecified atom stereocenters. The average molecular weight is 579 g/mol. The lowest BCUT2D eigenvalue weighted by Crippen LogP contribution is -2.36. The lowest BCUT2D eigenvalue weighted by molar-refractivity contribution is 0.000591. The van der Waals surface area contributed by atoms with E-state index in [1.165, 1.54) is 42.5 Å². The lowest BCUT2D eigenvalue weighted by Gasteiger charge is -2.40. The molecule has 0 amide bonds. The van der Waals surface area contributed by atoms with Gasteiger partial charge in [0.05, 0.1) is 12.0 Å². The molecule has 2 aliphatic heterocycles. The summed E-state index contributed by atoms with van der Waals surface area (Å²) in [5.41, 5.74) is 0.644. The van der Waals surface area contributed by atoms with Crippen LogP contribution < -0.4 is 9.47 Å². The van der Waals surface area contributed by atoms with Gasteiger partial charge >= 0.3 is 0 Å². The first kappa shape index (κ1) is 27.0. The fourth-order valence-corrected chi connectivity index (χ4v) is 5.66. The van der Waals surface area contributed by atoms with E-state index >= 15 is 0 Å². The number of hydrogen-bond acceptors (Lipinski definition) is 12. The first-order valence-corrected chi connectivity index (χ1v) is 12.8. The predicted octanol–water partition coefficient (Wildman–Crippen LogP) is 3.00. The molecule has 0 spiro atoms. The molecule has 4 aromatic rings. The molecular formula is C30H26O12. The topological polar surface area (TPSA) is 221 Å². The Labute approximate surface area is 237 Å². The Hall–Kier alpha value is -5.20. The third-order valence-corrected chi connectivity index (χ3v) is 7.72. The summed E-state index contributed by atoms with van der Waals surface area (Å²) in [6.07, 6.45) is -5.40. The standard InChI is InChI=1S/C30H26O12/c31-15-4-1-11(7-19(15)35)27-22(38)9-14-18(34)10-21(37)24(29(14)41-27)23-13-3-6-17(33)25(39)30(13)42-28(26(23)40)12-2-5-16(32)20(36)8-12/h1-8,10,22-23,26-28,31-40H,9H2/t22-,23-,26-,27+,28+/m0/s1. The Kier molecular flexibility index (Phi) is 6.24. The van der Waals surface area contributed by atoms with E-state index < -0.39 is 76.3 Å². The van der Waals surface area contributed by atoms with Crippen LogP contribution in [0.4, 0.5) is 0 Å². The minimum atomic E-state index is -1.54. The van der Waals surface area contributed by atoms with Crippen LogP contribution in [0, 0.1) is 0 Å². The van der Waals surface area contributed by atoms with Crippen LogP contribution in [0.2, 0.25) is 0 Å². The molecule has 2 heterocycles. The highest BCUT2D eigenvalue weighted by atomic mass is 16.5. The Bertz CT molecular complexity index is 1720. The summed E-state index contributed by atoms with van der Waals surface area (Å²) >= 11 is 0. The van der Waals surface area contributed by atoms with Crippen molar-refractivity contribution in [3.05, 3.63) is 82.4 Å². The van der Waals surface area contributed by atoms with Crippen molar-refractivity contribution in [3.63, 3.8) is 0 Å². The number of ether oxygens (including phenoxy) is 2. The predicted molar refractivity (Wildman–Crippen MR) is 143 cm³/mol. The monoisotopic (exact) mass is 578 g/mol. The maximum absolute atomic E-state index is 11.7. The summed E-state index contributed by atoms with van der Waals surface area (Å²) in [5, 5.41) is 105. The summed E-state index contributed by atoms with van der Waals surface area (Å²) in [4.78, 5) is 0. The van der Waals surface area contributed by atoms with Crippen LogP contribution in [0.3, 0.4) is 0 Å². The molecule has 5 atom stereocenters. The number of aliphatic hydroxyl groups excluding tert-OH is 2. The number of rotatable bonds is 3. The van der Waals surface area contributed by atoms with Gasteiger partial charge in [-0.2, -0.15) is 0 Å². The number of aliphatic hydroxyl groups is 2. The van der Waals surface area contributed by atoms with Crippen molar-refractivity contribution in [2.75, 3.05) is 0 Å². The zero-order valence-corrected chi connectivity index (χ0v) is 21.6. The number of phenols is 8. The molecule has 2 aliphatic rings. The maximum Gasteiger partial charge on any atom is 0.200 e. The van der Waals surface area contributed by atoms with Crippen LogP contribution in [0.25, 0.3) is 0 Å². The van der Waals surface area contributed by atoms with Gasteiger partial charge in [-0.05, 0) is 41.5 Å². The summed E-state index contributed by atoms with van der Waals surface area (Å²) in [6, 6.07) is 11.1. The molecule has 0 aromatic heterocycles. The van der Waals surface area contributed by atoms with Gasteiger partial charge in [0.15, 0.2) is 40.6 Å². The van der Waals surface area contributed by atoms with Crippen LogP contribution >= 0.6 is 0 Å². The number of aromatic hydroxyl groups is 8. The SMILES string of the molecule is Oc1ccc([C@H]2Oc3c(ccc(O)c3O)[C@@H](c3c(O)cc(O)c4c3O[C@H](c3ccc(O)c(O)c3)[C@@H](O)C4)[C@@H]2O)cc1O. The van der Waals surface area contributed by atoms with Gasteiger partial charge in [-0.25, -0.2) is 0 Å². The van der Waals surface area contributed by atoms with Gasteiger partial charge in [0.2, 0.25) is 5.75 Å². The molecule has 0 bridgehead atoms. The van der Waals surface area contributed by atoms with Gasteiger partial charge in [-0.3, -0.25) is 0 Å². The van der Waals surface area contributed by atoms with Crippen LogP contribution in [0.1, 0.15) is 45.9 Å². The average Bonchev–Trinajstić information content (AvgIpc) is 2.95. The smallest absolute Gasteiger partial charge is 0.200 e. The molecule has 0 aliphatic carbocycles. The van der Waals surface area contributed by atoms with Gasteiger partial charge in [-0.1, -0.05) is 18.2 Å². The third kappa shape index (κ3) is 4.16. The van der Waals surface area contributed by atoms with Crippen molar-refractivity contribution in [2.24, 2.45) is 0 Å². The lowest BCUT2D eigenvalue weighted by atomic mass is 9.77. The Balaban J connectivity index is 1.55. The summed E-state index contributed by atoms with van der Waals surface area (Å²) in [6.45, 7) is 0. The highest BCUT2D eigenvalue weighted by Gasteiger charge is 2.45. The molecule has 0 saturated carbocycles. The minimum absolute atomic E-state index is 0.0437. The van der Waals surface area contributed by atoms with E-state index in [0.29, 0.717) is 0 Å². The summed E-state index contributed by atoms with van der Waals surface area (Å²) < 4.78 is 12.1. The third-order valence-electron chi connectivity index (χ3n) is 7.72. The number of phenolic OH excluding ortho intramolecular Hbond substituents is 8. The molecule has 12 heteroatoms. The molecule has 0 fully saturated rings. The second-order valence-corrected chi connectivity index (χ2v) is 10.3. The summed E-state index contributed by atoms with van der Waals surface area (Å²) in [7, 11) is 0. The van der Waals surface area contributed by atoms with E-state index in [9.17, 15) is 51.1 Å². The molecule has 10 N–H and O–H groups in total. The molecule has 0 radical (unpaired) electrons. The molecule has 12 nitrogen and oxygen atoms in total. The zero-order valence-electron chi connectivity index (χ0n) is 21.6. The number of benzene rings is 4. The summed E-state index contributed by atoms with van der Waals surface area (Å²) in [5.74, 6) is -5.43. The molecule has 4 aromatic carbocycles. The fourth-order valence-electron chi connectivity index (χ4n) is 5.66. The van der Waals surface area contributed by atoms with Crippen LogP contribution in [0.15, 0.2) is 54.6 Å². The van der Waals surface area contributed by atoms with Crippen molar-refractivity contribution in [3.8, 4) is 57.5 Å². The van der Waals surface area contributed by atoms with E-state index in [1.54, 1.807) is 0 Å². The second kappa shape index (κ2) is 9.72. The fraction of sp³-hybridized carbons (Fsp3) is 0.200. The first-order valence-electron chi connectivity index (χ1n) is 12.8. The Morgan fingerprint density at radius 3 is 1.74 bits per heavy atom. The van der Waals surface area contributed by atoms with Crippen LogP contribution in [-0.4, -0.2) is 63.3 Å². The van der Waals surface area contributed by atoms with Crippen molar-refractivity contribution in [1.82, 2.24) is 0 Å². The zero-order chi connectivity index (χ0) is 30.0. The van der Waals surface area contributed by atoms with Gasteiger partial charge in [0, 0.05) is 29.2 Å². The molecule has 0 saturated heterocycles. The molecular weight excluding hydrogens is 552 g/mol. The van der Waals surface area contributed by atoms with Gasteiger partial charge < -0.3 is 60.5 Å². The number of fused-ring (bicyclic) bond motifs is 2. The van der Waals surface area contributed by atoms with Crippen LogP contribution in [0.5, 0.6) is 57.5 Å². The van der Waals surface area contributed by atoms with Crippen LogP contribution in [-0.2, 0) is 6.42 Å². The van der Waals surface area contributed by atoms with E-state index in [2.05, 4.69) is 0 Å². The minimum Gasteiger partial charge on any atom is -0.507 e. The highest BCUT2D eigenvalue weighted by Crippen LogP contribution is 2.57.